The zero-order valence-corrected chi connectivity index (χ0v) is 12.9. The first-order valence-electron chi connectivity index (χ1n) is 7.83. The molecule has 23 heavy (non-hydrogen) atoms. The van der Waals surface area contributed by atoms with Crippen LogP contribution >= 0.6 is 0 Å². The van der Waals surface area contributed by atoms with Crippen LogP contribution in [0.15, 0.2) is 11.1 Å². The van der Waals surface area contributed by atoms with Gasteiger partial charge in [-0.05, 0) is 25.9 Å². The van der Waals surface area contributed by atoms with Gasteiger partial charge in [-0.2, -0.15) is 4.98 Å². The van der Waals surface area contributed by atoms with Gasteiger partial charge in [-0.1, -0.05) is 0 Å². The maximum atomic E-state index is 11.9. The summed E-state index contributed by atoms with van der Waals surface area (Å²) in [5, 5.41) is 2.92. The molecule has 1 aliphatic rings. The van der Waals surface area contributed by atoms with Crippen LogP contribution in [0.1, 0.15) is 19.3 Å². The SMILES string of the molecule is Nc1nc2c(ncn2CCC(=O)NCCN2CCCC2)c(=O)[nH]1. The van der Waals surface area contributed by atoms with Crippen molar-refractivity contribution < 1.29 is 4.79 Å². The van der Waals surface area contributed by atoms with Crippen molar-refractivity contribution in [2.45, 2.75) is 25.8 Å². The van der Waals surface area contributed by atoms with Crippen molar-refractivity contribution in [3.63, 3.8) is 0 Å². The van der Waals surface area contributed by atoms with E-state index in [1.54, 1.807) is 4.57 Å². The van der Waals surface area contributed by atoms with Gasteiger partial charge in [-0.15, -0.1) is 0 Å². The maximum Gasteiger partial charge on any atom is 0.280 e. The van der Waals surface area contributed by atoms with E-state index < -0.39 is 0 Å². The van der Waals surface area contributed by atoms with Crippen molar-refractivity contribution in [3.8, 4) is 0 Å². The Labute approximate surface area is 132 Å². The van der Waals surface area contributed by atoms with E-state index in [4.69, 9.17) is 5.73 Å². The van der Waals surface area contributed by atoms with Crippen molar-refractivity contribution in [1.82, 2.24) is 29.7 Å². The van der Waals surface area contributed by atoms with Crippen LogP contribution in [0.4, 0.5) is 5.95 Å². The van der Waals surface area contributed by atoms with Crippen LogP contribution < -0.4 is 16.6 Å². The molecule has 9 heteroatoms. The van der Waals surface area contributed by atoms with Gasteiger partial charge in [0.05, 0.1) is 6.33 Å². The lowest BCUT2D eigenvalue weighted by Crippen LogP contribution is -2.33. The average molecular weight is 319 g/mol. The molecule has 1 fully saturated rings. The topological polar surface area (TPSA) is 122 Å². The Morgan fingerprint density at radius 2 is 2.13 bits per heavy atom. The molecule has 0 saturated carbocycles. The number of hydrogen-bond donors (Lipinski definition) is 3. The number of nitrogens with zero attached hydrogens (tertiary/aromatic N) is 4. The Hall–Kier alpha value is -2.42. The van der Waals surface area contributed by atoms with Gasteiger partial charge in [0.15, 0.2) is 11.2 Å². The third-order valence-electron chi connectivity index (χ3n) is 4.02. The fraction of sp³-hybridized carbons (Fsp3) is 0.571. The van der Waals surface area contributed by atoms with Gasteiger partial charge in [0.1, 0.15) is 0 Å². The van der Waals surface area contributed by atoms with E-state index in [-0.39, 0.29) is 22.9 Å². The van der Waals surface area contributed by atoms with Crippen molar-refractivity contribution in [3.05, 3.63) is 16.7 Å². The second-order valence-corrected chi connectivity index (χ2v) is 5.71. The molecule has 0 atom stereocenters. The average Bonchev–Trinajstić information content (AvgIpc) is 3.15. The van der Waals surface area contributed by atoms with Crippen LogP contribution in [0.5, 0.6) is 0 Å². The molecule has 3 rings (SSSR count). The monoisotopic (exact) mass is 319 g/mol. The largest absolute Gasteiger partial charge is 0.369 e. The number of nitrogen functional groups attached to an aromatic ring is 1. The first-order valence-corrected chi connectivity index (χ1v) is 7.83. The molecule has 2 aromatic rings. The highest BCUT2D eigenvalue weighted by molar-refractivity contribution is 5.76. The van der Waals surface area contributed by atoms with E-state index in [9.17, 15) is 9.59 Å². The quantitative estimate of drug-likeness (QED) is 0.647. The highest BCUT2D eigenvalue weighted by Gasteiger charge is 2.12. The van der Waals surface area contributed by atoms with E-state index in [1.807, 2.05) is 0 Å². The summed E-state index contributed by atoms with van der Waals surface area (Å²) in [5.74, 6) is 0.0168. The number of imidazole rings is 1. The summed E-state index contributed by atoms with van der Waals surface area (Å²) in [6.07, 6.45) is 4.30. The van der Waals surface area contributed by atoms with Crippen molar-refractivity contribution >= 4 is 23.0 Å². The number of aromatic nitrogens is 4. The van der Waals surface area contributed by atoms with E-state index in [0.717, 1.165) is 19.6 Å². The zero-order valence-electron chi connectivity index (χ0n) is 12.9. The van der Waals surface area contributed by atoms with Crippen molar-refractivity contribution in [1.29, 1.82) is 0 Å². The molecule has 0 spiro atoms. The summed E-state index contributed by atoms with van der Waals surface area (Å²) in [7, 11) is 0. The summed E-state index contributed by atoms with van der Waals surface area (Å²) in [6.45, 7) is 4.21. The molecule has 0 unspecified atom stereocenters. The number of nitrogens with two attached hydrogens (primary N) is 1. The second-order valence-electron chi connectivity index (χ2n) is 5.71. The van der Waals surface area contributed by atoms with Crippen LogP contribution in [-0.2, 0) is 11.3 Å². The van der Waals surface area contributed by atoms with Crippen LogP contribution in [0.25, 0.3) is 11.2 Å². The minimum atomic E-state index is -0.374. The van der Waals surface area contributed by atoms with Gasteiger partial charge in [0.2, 0.25) is 11.9 Å². The van der Waals surface area contributed by atoms with Gasteiger partial charge in [0.25, 0.3) is 5.56 Å². The van der Waals surface area contributed by atoms with Crippen molar-refractivity contribution in [2.75, 3.05) is 31.9 Å². The summed E-state index contributed by atoms with van der Waals surface area (Å²) in [5.41, 5.74) is 5.80. The number of aryl methyl sites for hydroxylation is 1. The number of carbonyl (C=O) groups excluding carboxylic acids is 1. The summed E-state index contributed by atoms with van der Waals surface area (Å²) in [4.78, 5) is 36.4. The van der Waals surface area contributed by atoms with Gasteiger partial charge >= 0.3 is 0 Å². The molecule has 0 aromatic carbocycles. The molecular formula is C14H21N7O2. The first kappa shape index (κ1) is 15.5. The fourth-order valence-electron chi connectivity index (χ4n) is 2.80. The fourth-order valence-corrected chi connectivity index (χ4v) is 2.80. The third-order valence-corrected chi connectivity index (χ3v) is 4.02. The molecule has 4 N–H and O–H groups in total. The molecule has 0 aliphatic carbocycles. The lowest BCUT2D eigenvalue weighted by Gasteiger charge is -2.14. The number of fused-ring (bicyclic) bond motifs is 1. The van der Waals surface area contributed by atoms with Gasteiger partial charge in [0, 0.05) is 26.1 Å². The summed E-state index contributed by atoms with van der Waals surface area (Å²) in [6, 6.07) is 0. The number of aromatic amines is 1. The van der Waals surface area contributed by atoms with E-state index >= 15 is 0 Å². The minimum Gasteiger partial charge on any atom is -0.369 e. The Balaban J connectivity index is 1.51. The highest BCUT2D eigenvalue weighted by atomic mass is 16.1. The predicted molar refractivity (Wildman–Crippen MR) is 85.9 cm³/mol. The van der Waals surface area contributed by atoms with Crippen LogP contribution in [-0.4, -0.2) is 56.5 Å². The molecule has 2 aromatic heterocycles. The number of anilines is 1. The van der Waals surface area contributed by atoms with Crippen LogP contribution in [0.3, 0.4) is 0 Å². The van der Waals surface area contributed by atoms with Gasteiger partial charge in [-0.3, -0.25) is 14.6 Å². The first-order chi connectivity index (χ1) is 11.1. The molecule has 1 saturated heterocycles. The van der Waals surface area contributed by atoms with E-state index in [2.05, 4.69) is 25.2 Å². The summed E-state index contributed by atoms with van der Waals surface area (Å²) >= 11 is 0. The number of nitrogens with one attached hydrogen (secondary N) is 2. The van der Waals surface area contributed by atoms with Gasteiger partial charge in [-0.25, -0.2) is 4.98 Å². The standard InChI is InChI=1S/C14H21N7O2/c15-14-18-12-11(13(23)19-14)17-9-21(12)7-3-10(22)16-4-8-20-5-1-2-6-20/h9H,1-8H2,(H,16,22)(H3,15,18,19,23). The molecule has 0 radical (unpaired) electrons. The van der Waals surface area contributed by atoms with Crippen molar-refractivity contribution in [2.24, 2.45) is 0 Å². The van der Waals surface area contributed by atoms with E-state index in [0.29, 0.717) is 25.2 Å². The molecule has 0 bridgehead atoms. The Bertz CT molecular complexity index is 745. The normalized spacial score (nSPS) is 15.3. The summed E-state index contributed by atoms with van der Waals surface area (Å²) < 4.78 is 1.67. The molecular weight excluding hydrogens is 298 g/mol. The molecule has 1 aliphatic heterocycles. The molecule has 9 nitrogen and oxygen atoms in total. The van der Waals surface area contributed by atoms with E-state index in [1.165, 1.54) is 19.2 Å². The lowest BCUT2D eigenvalue weighted by atomic mass is 10.4. The van der Waals surface area contributed by atoms with Crippen LogP contribution in [0.2, 0.25) is 0 Å². The number of carbonyl (C=O) groups is 1. The number of hydrogen-bond acceptors (Lipinski definition) is 6. The van der Waals surface area contributed by atoms with Gasteiger partial charge < -0.3 is 20.5 Å². The smallest absolute Gasteiger partial charge is 0.280 e. The predicted octanol–water partition coefficient (Wildman–Crippen LogP) is -0.696. The number of H-pyrrole nitrogens is 1. The molecule has 1 amide bonds. The maximum absolute atomic E-state index is 11.9. The minimum absolute atomic E-state index is 0.0242. The number of rotatable bonds is 6. The molecule has 3 heterocycles. The second kappa shape index (κ2) is 6.78. The lowest BCUT2D eigenvalue weighted by molar-refractivity contribution is -0.121. The number of amides is 1. The Morgan fingerprint density at radius 3 is 2.91 bits per heavy atom. The molecule has 124 valence electrons. The Kier molecular flexibility index (Phi) is 4.56. The third kappa shape index (κ3) is 3.67. The highest BCUT2D eigenvalue weighted by Crippen LogP contribution is 2.07. The number of likely N-dealkylation sites (tertiary alicyclic amines) is 1. The Morgan fingerprint density at radius 1 is 1.35 bits per heavy atom. The zero-order chi connectivity index (χ0) is 16.2. The van der Waals surface area contributed by atoms with Crippen LogP contribution in [0, 0.1) is 0 Å².